The molecule has 1 aliphatic heterocycles. The number of carbonyl (C=O) groups is 1. The van der Waals surface area contributed by atoms with Gasteiger partial charge in [-0.15, -0.1) is 0 Å². The van der Waals surface area contributed by atoms with Crippen molar-refractivity contribution in [1.82, 2.24) is 9.21 Å². The minimum absolute atomic E-state index is 0.0219. The molecule has 3 rings (SSSR count). The monoisotopic (exact) mass is 392 g/mol. The van der Waals surface area contributed by atoms with E-state index >= 15 is 0 Å². The number of rotatable bonds is 4. The van der Waals surface area contributed by atoms with Gasteiger partial charge in [0.05, 0.1) is 11.3 Å². The van der Waals surface area contributed by atoms with Crippen LogP contribution >= 0.6 is 11.6 Å². The van der Waals surface area contributed by atoms with Crippen molar-refractivity contribution >= 4 is 27.5 Å². The normalized spacial score (nSPS) is 15.8. The van der Waals surface area contributed by atoms with Crippen LogP contribution in [0.1, 0.15) is 11.1 Å². The molecule has 0 atom stereocenters. The molecule has 1 amide bonds. The number of nitrogens with zero attached hydrogens (tertiary/aromatic N) is 2. The number of benzene rings is 2. The van der Waals surface area contributed by atoms with E-state index in [0.717, 1.165) is 11.1 Å². The highest BCUT2D eigenvalue weighted by Gasteiger charge is 2.30. The number of hydrogen-bond donors (Lipinski definition) is 0. The van der Waals surface area contributed by atoms with Crippen LogP contribution in [0.2, 0.25) is 5.02 Å². The lowest BCUT2D eigenvalue weighted by atomic mass is 10.1. The van der Waals surface area contributed by atoms with Gasteiger partial charge < -0.3 is 4.90 Å². The molecule has 7 heteroatoms. The van der Waals surface area contributed by atoms with E-state index in [1.807, 2.05) is 31.2 Å². The molecule has 0 aromatic heterocycles. The van der Waals surface area contributed by atoms with Crippen molar-refractivity contribution in [3.05, 3.63) is 64.7 Å². The minimum Gasteiger partial charge on any atom is -0.340 e. The molecule has 1 fully saturated rings. The van der Waals surface area contributed by atoms with Crippen LogP contribution in [0.5, 0.6) is 0 Å². The van der Waals surface area contributed by atoms with Crippen LogP contribution in [0.4, 0.5) is 0 Å². The lowest BCUT2D eigenvalue weighted by Crippen LogP contribution is -2.50. The fourth-order valence-corrected chi connectivity index (χ4v) is 4.67. The molecule has 0 spiro atoms. The van der Waals surface area contributed by atoms with Gasteiger partial charge in [0.2, 0.25) is 15.9 Å². The summed E-state index contributed by atoms with van der Waals surface area (Å²) in [6.07, 6.45) is 0.335. The second kappa shape index (κ2) is 7.78. The standard InChI is InChI=1S/C19H21ClN2O3S/c1-15-5-7-16(8-6-15)13-19(23)21-9-11-22(12-10-21)26(24,25)18-4-2-3-17(20)14-18/h2-8,14H,9-13H2,1H3. The summed E-state index contributed by atoms with van der Waals surface area (Å²) in [5.74, 6) is 0.0219. The van der Waals surface area contributed by atoms with E-state index in [1.54, 1.807) is 17.0 Å². The highest BCUT2D eigenvalue weighted by atomic mass is 35.5. The van der Waals surface area contributed by atoms with E-state index in [9.17, 15) is 13.2 Å². The van der Waals surface area contributed by atoms with Crippen molar-refractivity contribution in [3.63, 3.8) is 0 Å². The third-order valence-electron chi connectivity index (χ3n) is 4.50. The van der Waals surface area contributed by atoms with E-state index in [2.05, 4.69) is 0 Å². The summed E-state index contributed by atoms with van der Waals surface area (Å²) >= 11 is 5.91. The fraction of sp³-hybridized carbons (Fsp3) is 0.316. The maximum atomic E-state index is 12.7. The first-order chi connectivity index (χ1) is 12.4. The predicted octanol–water partition coefficient (Wildman–Crippen LogP) is 2.72. The summed E-state index contributed by atoms with van der Waals surface area (Å²) in [6.45, 7) is 3.36. The topological polar surface area (TPSA) is 57.7 Å². The number of halogens is 1. The lowest BCUT2D eigenvalue weighted by molar-refractivity contribution is -0.131. The molecule has 0 aliphatic carbocycles. The Labute approximate surface area is 159 Å². The van der Waals surface area contributed by atoms with E-state index in [4.69, 9.17) is 11.6 Å². The van der Waals surface area contributed by atoms with Crippen LogP contribution in [0, 0.1) is 6.92 Å². The molecule has 0 N–H and O–H groups in total. The molecule has 0 radical (unpaired) electrons. The average molecular weight is 393 g/mol. The van der Waals surface area contributed by atoms with E-state index in [-0.39, 0.29) is 23.9 Å². The number of piperazine rings is 1. The third kappa shape index (κ3) is 4.26. The van der Waals surface area contributed by atoms with Crippen molar-refractivity contribution < 1.29 is 13.2 Å². The van der Waals surface area contributed by atoms with Gasteiger partial charge in [-0.2, -0.15) is 4.31 Å². The highest BCUT2D eigenvalue weighted by molar-refractivity contribution is 7.89. The Morgan fingerprint density at radius 3 is 2.31 bits per heavy atom. The third-order valence-corrected chi connectivity index (χ3v) is 6.63. The molecule has 5 nitrogen and oxygen atoms in total. The summed E-state index contributed by atoms with van der Waals surface area (Å²) in [5, 5.41) is 0.387. The molecule has 0 saturated carbocycles. The number of amides is 1. The van der Waals surface area contributed by atoms with Gasteiger partial charge in [-0.05, 0) is 30.7 Å². The maximum absolute atomic E-state index is 12.7. The largest absolute Gasteiger partial charge is 0.340 e. The van der Waals surface area contributed by atoms with Crippen LogP contribution in [-0.2, 0) is 21.2 Å². The van der Waals surface area contributed by atoms with Crippen molar-refractivity contribution in [2.24, 2.45) is 0 Å². The molecule has 2 aromatic carbocycles. The Kier molecular flexibility index (Phi) is 5.65. The molecule has 1 heterocycles. The molecule has 0 unspecified atom stereocenters. The summed E-state index contributed by atoms with van der Waals surface area (Å²) in [6, 6.07) is 14.1. The van der Waals surface area contributed by atoms with Crippen molar-refractivity contribution in [3.8, 4) is 0 Å². The zero-order valence-electron chi connectivity index (χ0n) is 14.6. The maximum Gasteiger partial charge on any atom is 0.243 e. The first-order valence-electron chi connectivity index (χ1n) is 8.45. The van der Waals surface area contributed by atoms with Crippen LogP contribution in [0.25, 0.3) is 0 Å². The predicted molar refractivity (Wildman–Crippen MR) is 102 cm³/mol. The summed E-state index contributed by atoms with van der Waals surface area (Å²) in [5.41, 5.74) is 2.12. The van der Waals surface area contributed by atoms with Crippen molar-refractivity contribution in [2.45, 2.75) is 18.2 Å². The van der Waals surface area contributed by atoms with Gasteiger partial charge in [0.25, 0.3) is 0 Å². The fourth-order valence-electron chi connectivity index (χ4n) is 2.95. The molecule has 2 aromatic rings. The van der Waals surface area contributed by atoms with Gasteiger partial charge >= 0.3 is 0 Å². The molecule has 1 aliphatic rings. The smallest absolute Gasteiger partial charge is 0.243 e. The first kappa shape index (κ1) is 18.9. The number of sulfonamides is 1. The van der Waals surface area contributed by atoms with E-state index in [1.165, 1.54) is 16.4 Å². The zero-order chi connectivity index (χ0) is 18.7. The van der Waals surface area contributed by atoms with Crippen molar-refractivity contribution in [1.29, 1.82) is 0 Å². The van der Waals surface area contributed by atoms with Crippen LogP contribution in [0.3, 0.4) is 0 Å². The Balaban J connectivity index is 1.61. The van der Waals surface area contributed by atoms with Gasteiger partial charge in [0.15, 0.2) is 0 Å². The average Bonchev–Trinajstić information content (AvgIpc) is 2.64. The van der Waals surface area contributed by atoms with Crippen LogP contribution in [0.15, 0.2) is 53.4 Å². The quantitative estimate of drug-likeness (QED) is 0.803. The second-order valence-corrected chi connectivity index (χ2v) is 8.78. The number of hydrogen-bond acceptors (Lipinski definition) is 3. The Hall–Kier alpha value is -1.89. The summed E-state index contributed by atoms with van der Waals surface area (Å²) < 4.78 is 26.8. The van der Waals surface area contributed by atoms with Gasteiger partial charge in [-0.25, -0.2) is 8.42 Å². The highest BCUT2D eigenvalue weighted by Crippen LogP contribution is 2.21. The summed E-state index contributed by atoms with van der Waals surface area (Å²) in [7, 11) is -3.59. The Morgan fingerprint density at radius 2 is 1.69 bits per heavy atom. The minimum atomic E-state index is -3.59. The van der Waals surface area contributed by atoms with E-state index in [0.29, 0.717) is 24.5 Å². The molecule has 138 valence electrons. The lowest BCUT2D eigenvalue weighted by Gasteiger charge is -2.34. The molecule has 0 bridgehead atoms. The number of carbonyl (C=O) groups excluding carboxylic acids is 1. The van der Waals surface area contributed by atoms with Crippen LogP contribution < -0.4 is 0 Å². The summed E-state index contributed by atoms with van der Waals surface area (Å²) in [4.78, 5) is 14.4. The van der Waals surface area contributed by atoms with Crippen LogP contribution in [-0.4, -0.2) is 49.7 Å². The van der Waals surface area contributed by atoms with Crippen molar-refractivity contribution in [2.75, 3.05) is 26.2 Å². The van der Waals surface area contributed by atoms with Gasteiger partial charge in [-0.3, -0.25) is 4.79 Å². The number of aryl methyl sites for hydroxylation is 1. The van der Waals surface area contributed by atoms with Gasteiger partial charge in [0.1, 0.15) is 0 Å². The molecular formula is C19H21ClN2O3S. The van der Waals surface area contributed by atoms with Gasteiger partial charge in [-0.1, -0.05) is 47.5 Å². The SMILES string of the molecule is Cc1ccc(CC(=O)N2CCN(S(=O)(=O)c3cccc(Cl)c3)CC2)cc1. The van der Waals surface area contributed by atoms with Gasteiger partial charge in [0, 0.05) is 31.2 Å². The Morgan fingerprint density at radius 1 is 1.04 bits per heavy atom. The zero-order valence-corrected chi connectivity index (χ0v) is 16.1. The van der Waals surface area contributed by atoms with E-state index < -0.39 is 10.0 Å². The molecule has 26 heavy (non-hydrogen) atoms. The molecule has 1 saturated heterocycles. The first-order valence-corrected chi connectivity index (χ1v) is 10.3. The Bertz CT molecular complexity index is 889. The second-order valence-electron chi connectivity index (χ2n) is 6.40. The molecular weight excluding hydrogens is 372 g/mol.